The van der Waals surface area contributed by atoms with E-state index < -0.39 is 36.6 Å². The molecule has 7 heteroatoms. The summed E-state index contributed by atoms with van der Waals surface area (Å²) in [6.07, 6.45) is -6.06. The van der Waals surface area contributed by atoms with Gasteiger partial charge in [-0.05, 0) is 0 Å². The van der Waals surface area contributed by atoms with Crippen LogP contribution in [0.4, 0.5) is 0 Å². The average molecular weight is 193 g/mol. The van der Waals surface area contributed by atoms with Crippen molar-refractivity contribution in [3.8, 4) is 0 Å². The van der Waals surface area contributed by atoms with E-state index in [0.717, 1.165) is 0 Å². The normalized spacial score (nSPS) is 41.8. The zero-order valence-corrected chi connectivity index (χ0v) is 6.57. The van der Waals surface area contributed by atoms with E-state index in [4.69, 9.17) is 26.2 Å². The van der Waals surface area contributed by atoms with E-state index in [-0.39, 0.29) is 0 Å². The Balaban J connectivity index is 2.68. The summed E-state index contributed by atoms with van der Waals surface area (Å²) in [5.74, 6) is -1.51. The highest BCUT2D eigenvalue weighted by Gasteiger charge is 2.46. The minimum absolute atomic E-state index is 1.11. The van der Waals surface area contributed by atoms with Gasteiger partial charge in [0.05, 0.1) is 6.04 Å². The first kappa shape index (κ1) is 10.4. The molecule has 0 aliphatic carbocycles. The largest absolute Gasteiger partial charge is 0.479 e. The number of aliphatic hydroxyl groups excluding tert-OH is 3. The van der Waals surface area contributed by atoms with Crippen LogP contribution in [0, 0.1) is 0 Å². The van der Waals surface area contributed by atoms with Crippen molar-refractivity contribution in [2.24, 2.45) is 5.73 Å². The van der Waals surface area contributed by atoms with Crippen LogP contribution in [0.3, 0.4) is 0 Å². The molecule has 1 rings (SSSR count). The molecule has 6 N–H and O–H groups in total. The van der Waals surface area contributed by atoms with Crippen molar-refractivity contribution in [2.75, 3.05) is 0 Å². The highest BCUT2D eigenvalue weighted by molar-refractivity contribution is 5.73. The molecule has 0 spiro atoms. The topological polar surface area (TPSA) is 133 Å². The molecule has 13 heavy (non-hydrogen) atoms. The SMILES string of the molecule is N[C@H]1[C@@H](O)[C@@H](O)O[C@@H]1C(O)C(=O)O. The molecular formula is C6H11NO6. The summed E-state index contributed by atoms with van der Waals surface area (Å²) in [4.78, 5) is 10.3. The summed E-state index contributed by atoms with van der Waals surface area (Å²) in [5.41, 5.74) is 5.29. The van der Waals surface area contributed by atoms with E-state index in [9.17, 15) is 4.79 Å². The van der Waals surface area contributed by atoms with E-state index >= 15 is 0 Å². The number of ether oxygens (including phenoxy) is 1. The van der Waals surface area contributed by atoms with Crippen LogP contribution in [0.5, 0.6) is 0 Å². The first-order valence-electron chi connectivity index (χ1n) is 3.63. The van der Waals surface area contributed by atoms with E-state index in [0.29, 0.717) is 0 Å². The monoisotopic (exact) mass is 193 g/mol. The molecule has 0 aromatic carbocycles. The van der Waals surface area contributed by atoms with Crippen molar-refractivity contribution in [1.29, 1.82) is 0 Å². The average Bonchev–Trinajstić information content (AvgIpc) is 2.31. The van der Waals surface area contributed by atoms with E-state index in [2.05, 4.69) is 4.74 Å². The van der Waals surface area contributed by atoms with E-state index in [1.54, 1.807) is 0 Å². The summed E-state index contributed by atoms with van der Waals surface area (Å²) >= 11 is 0. The maximum atomic E-state index is 10.3. The van der Waals surface area contributed by atoms with Gasteiger partial charge in [0.15, 0.2) is 12.4 Å². The number of rotatable bonds is 2. The van der Waals surface area contributed by atoms with Gasteiger partial charge in [-0.1, -0.05) is 0 Å². The Bertz CT molecular complexity index is 209. The van der Waals surface area contributed by atoms with Gasteiger partial charge < -0.3 is 30.9 Å². The second-order valence-electron chi connectivity index (χ2n) is 2.84. The Hall–Kier alpha value is -0.730. The molecule has 0 saturated carbocycles. The van der Waals surface area contributed by atoms with Crippen molar-refractivity contribution in [3.05, 3.63) is 0 Å². The van der Waals surface area contributed by atoms with Crippen LogP contribution in [0.15, 0.2) is 0 Å². The fourth-order valence-corrected chi connectivity index (χ4v) is 1.14. The molecular weight excluding hydrogens is 182 g/mol. The quantitative estimate of drug-likeness (QED) is 0.312. The molecule has 1 aliphatic heterocycles. The molecule has 0 aromatic heterocycles. The number of carboxylic acid groups (broad SMARTS) is 1. The Morgan fingerprint density at radius 2 is 2.00 bits per heavy atom. The van der Waals surface area contributed by atoms with Gasteiger partial charge in [-0.2, -0.15) is 0 Å². The Morgan fingerprint density at radius 3 is 2.31 bits per heavy atom. The van der Waals surface area contributed by atoms with Gasteiger partial charge in [-0.25, -0.2) is 4.79 Å². The Morgan fingerprint density at radius 1 is 1.46 bits per heavy atom. The lowest BCUT2D eigenvalue weighted by Gasteiger charge is -2.17. The zero-order valence-electron chi connectivity index (χ0n) is 6.57. The fraction of sp³-hybridized carbons (Fsp3) is 0.833. The lowest BCUT2D eigenvalue weighted by molar-refractivity contribution is -0.168. The highest BCUT2D eigenvalue weighted by atomic mass is 16.6. The molecule has 1 saturated heterocycles. The molecule has 0 bridgehead atoms. The first-order chi connectivity index (χ1) is 5.95. The van der Waals surface area contributed by atoms with Crippen LogP contribution in [-0.4, -0.2) is 57.0 Å². The zero-order chi connectivity index (χ0) is 10.2. The third-order valence-corrected chi connectivity index (χ3v) is 1.93. The van der Waals surface area contributed by atoms with Crippen LogP contribution in [-0.2, 0) is 9.53 Å². The predicted octanol–water partition coefficient (Wildman–Crippen LogP) is -3.16. The van der Waals surface area contributed by atoms with Gasteiger partial charge >= 0.3 is 5.97 Å². The van der Waals surface area contributed by atoms with E-state index in [1.165, 1.54) is 0 Å². The second-order valence-corrected chi connectivity index (χ2v) is 2.84. The standard InChI is InChI=1S/C6H11NO6/c7-1-2(8)6(12)13-4(1)3(9)5(10)11/h1-4,6,8-9,12H,7H2,(H,10,11)/t1-,2+,3?,4-,6-/m0/s1. The number of aliphatic carboxylic acids is 1. The third-order valence-electron chi connectivity index (χ3n) is 1.93. The van der Waals surface area contributed by atoms with Crippen molar-refractivity contribution >= 4 is 5.97 Å². The molecule has 1 heterocycles. The molecule has 76 valence electrons. The number of carbonyl (C=O) groups is 1. The van der Waals surface area contributed by atoms with Crippen LogP contribution < -0.4 is 5.73 Å². The van der Waals surface area contributed by atoms with Crippen molar-refractivity contribution < 1.29 is 30.0 Å². The molecule has 1 aliphatic rings. The van der Waals surface area contributed by atoms with E-state index in [1.807, 2.05) is 0 Å². The van der Waals surface area contributed by atoms with Crippen LogP contribution in [0.25, 0.3) is 0 Å². The lowest BCUT2D eigenvalue weighted by Crippen LogP contribution is -2.48. The lowest BCUT2D eigenvalue weighted by atomic mass is 10.0. The van der Waals surface area contributed by atoms with Crippen molar-refractivity contribution in [3.63, 3.8) is 0 Å². The van der Waals surface area contributed by atoms with Gasteiger partial charge in [0.1, 0.15) is 12.2 Å². The predicted molar refractivity (Wildman–Crippen MR) is 38.5 cm³/mol. The second kappa shape index (κ2) is 3.56. The summed E-state index contributed by atoms with van der Waals surface area (Å²) in [5, 5.41) is 35.4. The minimum atomic E-state index is -1.85. The highest BCUT2D eigenvalue weighted by Crippen LogP contribution is 2.20. The van der Waals surface area contributed by atoms with Crippen LogP contribution in [0.2, 0.25) is 0 Å². The Labute approximate surface area is 73.4 Å². The molecule has 1 fully saturated rings. The van der Waals surface area contributed by atoms with Crippen LogP contribution in [0.1, 0.15) is 0 Å². The van der Waals surface area contributed by atoms with Crippen molar-refractivity contribution in [2.45, 2.75) is 30.6 Å². The van der Waals surface area contributed by atoms with Gasteiger partial charge in [0.25, 0.3) is 0 Å². The summed E-state index contributed by atoms with van der Waals surface area (Å²) in [7, 11) is 0. The van der Waals surface area contributed by atoms with Gasteiger partial charge in [0.2, 0.25) is 0 Å². The molecule has 0 amide bonds. The van der Waals surface area contributed by atoms with Crippen molar-refractivity contribution in [1.82, 2.24) is 0 Å². The number of hydrogen-bond donors (Lipinski definition) is 5. The smallest absolute Gasteiger partial charge is 0.335 e. The molecule has 1 unspecified atom stereocenters. The van der Waals surface area contributed by atoms with Gasteiger partial charge in [-0.15, -0.1) is 0 Å². The third kappa shape index (κ3) is 1.79. The number of hydrogen-bond acceptors (Lipinski definition) is 6. The number of nitrogens with two attached hydrogens (primary N) is 1. The number of aliphatic hydroxyl groups is 3. The molecule has 0 radical (unpaired) electrons. The maximum Gasteiger partial charge on any atom is 0.335 e. The molecule has 7 nitrogen and oxygen atoms in total. The van der Waals surface area contributed by atoms with Crippen LogP contribution >= 0.6 is 0 Å². The van der Waals surface area contributed by atoms with Gasteiger partial charge in [-0.3, -0.25) is 0 Å². The summed E-state index contributed by atoms with van der Waals surface area (Å²) < 4.78 is 4.56. The maximum absolute atomic E-state index is 10.3. The summed E-state index contributed by atoms with van der Waals surface area (Å²) in [6, 6.07) is -1.11. The van der Waals surface area contributed by atoms with Gasteiger partial charge in [0, 0.05) is 0 Å². The molecule has 0 aromatic rings. The Kier molecular flexibility index (Phi) is 2.84. The summed E-state index contributed by atoms with van der Waals surface area (Å²) in [6.45, 7) is 0. The number of carboxylic acids is 1. The first-order valence-corrected chi connectivity index (χ1v) is 3.63. The fourth-order valence-electron chi connectivity index (χ4n) is 1.14. The minimum Gasteiger partial charge on any atom is -0.479 e. The molecule has 5 atom stereocenters.